The lowest BCUT2D eigenvalue weighted by molar-refractivity contribution is -0.114. The third-order valence-corrected chi connectivity index (χ3v) is 3.13. The molecule has 0 atom stereocenters. The van der Waals surface area contributed by atoms with E-state index in [1.165, 1.54) is 6.07 Å². The SMILES string of the molecule is N#Cc1ccccc1.NC(=O)/C(N)=C(\N)c1cc(F)c(Cl)cc1N. The second kappa shape index (κ2) is 8.41. The van der Waals surface area contributed by atoms with E-state index in [4.69, 9.17) is 39.8 Å². The average molecular weight is 348 g/mol. The molecule has 2 rings (SSSR count). The van der Waals surface area contributed by atoms with Gasteiger partial charge in [-0.15, -0.1) is 0 Å². The molecule has 0 saturated carbocycles. The summed E-state index contributed by atoms with van der Waals surface area (Å²) in [6, 6.07) is 13.3. The maximum absolute atomic E-state index is 13.2. The highest BCUT2D eigenvalue weighted by atomic mass is 35.5. The summed E-state index contributed by atoms with van der Waals surface area (Å²) in [6.45, 7) is 0. The first kappa shape index (κ1) is 18.8. The van der Waals surface area contributed by atoms with Gasteiger partial charge in [0.1, 0.15) is 11.5 Å². The van der Waals surface area contributed by atoms with Gasteiger partial charge in [-0.25, -0.2) is 4.39 Å². The van der Waals surface area contributed by atoms with Crippen LogP contribution in [-0.2, 0) is 4.79 Å². The van der Waals surface area contributed by atoms with E-state index in [2.05, 4.69) is 0 Å². The molecule has 0 bridgehead atoms. The Hall–Kier alpha value is -3.24. The quantitative estimate of drug-likeness (QED) is 0.482. The van der Waals surface area contributed by atoms with Crippen LogP contribution in [0.15, 0.2) is 48.2 Å². The van der Waals surface area contributed by atoms with Crippen LogP contribution >= 0.6 is 11.6 Å². The molecule has 124 valence electrons. The Morgan fingerprint density at radius 3 is 2.17 bits per heavy atom. The number of carbonyl (C=O) groups excluding carboxylic acids is 1. The van der Waals surface area contributed by atoms with Gasteiger partial charge >= 0.3 is 0 Å². The van der Waals surface area contributed by atoms with Crippen molar-refractivity contribution >= 4 is 28.9 Å². The number of hydrogen-bond donors (Lipinski definition) is 4. The molecule has 0 saturated heterocycles. The van der Waals surface area contributed by atoms with Crippen LogP contribution in [-0.4, -0.2) is 5.91 Å². The van der Waals surface area contributed by atoms with Gasteiger partial charge in [-0.1, -0.05) is 29.8 Å². The van der Waals surface area contributed by atoms with Gasteiger partial charge in [-0.3, -0.25) is 4.79 Å². The van der Waals surface area contributed by atoms with Crippen LogP contribution in [0.5, 0.6) is 0 Å². The Bertz CT molecular complexity index is 815. The summed E-state index contributed by atoms with van der Waals surface area (Å²) in [5, 5.41) is 8.14. The fraction of sp³-hybridized carbons (Fsp3) is 0. The standard InChI is InChI=1S/C9H10ClFN4O.C7H5N/c10-4-2-6(12)3(1-5(4)11)7(13)8(14)9(15)16;8-6-7-4-2-1-3-5-7/h1-2H,12-14H2,(H2,15,16);1-5H/b8-7+;. The second-order valence-corrected chi connectivity index (χ2v) is 4.93. The molecule has 0 aliphatic heterocycles. The Morgan fingerprint density at radius 1 is 1.12 bits per heavy atom. The van der Waals surface area contributed by atoms with Crippen molar-refractivity contribution in [3.63, 3.8) is 0 Å². The molecule has 0 aromatic heterocycles. The minimum atomic E-state index is -0.910. The summed E-state index contributed by atoms with van der Waals surface area (Å²) in [5.41, 5.74) is 21.7. The fourth-order valence-electron chi connectivity index (χ4n) is 1.59. The summed E-state index contributed by atoms with van der Waals surface area (Å²) in [5.74, 6) is -1.63. The van der Waals surface area contributed by atoms with Crippen LogP contribution in [0.2, 0.25) is 5.02 Å². The van der Waals surface area contributed by atoms with Crippen LogP contribution < -0.4 is 22.9 Å². The van der Waals surface area contributed by atoms with Crippen molar-refractivity contribution in [1.29, 1.82) is 5.26 Å². The molecule has 0 fully saturated rings. The Labute approximate surface area is 143 Å². The number of rotatable bonds is 2. The summed E-state index contributed by atoms with van der Waals surface area (Å²) in [7, 11) is 0. The van der Waals surface area contributed by atoms with Crippen molar-refractivity contribution in [1.82, 2.24) is 0 Å². The molecule has 2 aromatic rings. The zero-order valence-electron chi connectivity index (χ0n) is 12.5. The number of nitrogens with two attached hydrogens (primary N) is 4. The van der Waals surface area contributed by atoms with E-state index >= 15 is 0 Å². The van der Waals surface area contributed by atoms with Crippen molar-refractivity contribution in [2.45, 2.75) is 0 Å². The van der Waals surface area contributed by atoms with Crippen LogP contribution in [0, 0.1) is 17.1 Å². The molecule has 0 aliphatic carbocycles. The zero-order valence-corrected chi connectivity index (χ0v) is 13.2. The van der Waals surface area contributed by atoms with Gasteiger partial charge in [0.2, 0.25) is 0 Å². The predicted molar refractivity (Wildman–Crippen MR) is 91.5 cm³/mol. The highest BCUT2D eigenvalue weighted by molar-refractivity contribution is 6.31. The number of nitrogens with zero attached hydrogens (tertiary/aromatic N) is 1. The minimum absolute atomic E-state index is 0.0817. The van der Waals surface area contributed by atoms with Crippen molar-refractivity contribution in [2.75, 3.05) is 5.73 Å². The highest BCUT2D eigenvalue weighted by Gasteiger charge is 2.13. The molecule has 0 radical (unpaired) electrons. The fourth-order valence-corrected chi connectivity index (χ4v) is 1.76. The predicted octanol–water partition coefficient (Wildman–Crippen LogP) is 1.69. The van der Waals surface area contributed by atoms with E-state index in [0.29, 0.717) is 5.56 Å². The van der Waals surface area contributed by atoms with Crippen LogP contribution in [0.3, 0.4) is 0 Å². The van der Waals surface area contributed by atoms with E-state index in [9.17, 15) is 9.18 Å². The monoisotopic (exact) mass is 347 g/mol. The lowest BCUT2D eigenvalue weighted by Crippen LogP contribution is -2.24. The first-order chi connectivity index (χ1) is 11.3. The summed E-state index contributed by atoms with van der Waals surface area (Å²) >= 11 is 5.50. The molecule has 8 N–H and O–H groups in total. The number of halogens is 2. The first-order valence-electron chi connectivity index (χ1n) is 6.53. The minimum Gasteiger partial charge on any atom is -0.398 e. The van der Waals surface area contributed by atoms with Crippen molar-refractivity contribution in [2.24, 2.45) is 17.2 Å². The number of primary amides is 1. The van der Waals surface area contributed by atoms with Crippen molar-refractivity contribution in [3.8, 4) is 6.07 Å². The van der Waals surface area contributed by atoms with E-state index < -0.39 is 11.7 Å². The normalized spacial score (nSPS) is 10.7. The number of anilines is 1. The molecule has 0 aliphatic rings. The molecule has 0 heterocycles. The number of nitrogen functional groups attached to an aromatic ring is 1. The van der Waals surface area contributed by atoms with Gasteiger partial charge in [-0.2, -0.15) is 5.26 Å². The number of hydrogen-bond acceptors (Lipinski definition) is 5. The van der Waals surface area contributed by atoms with E-state index in [-0.39, 0.29) is 27.7 Å². The average Bonchev–Trinajstić information content (AvgIpc) is 2.58. The lowest BCUT2D eigenvalue weighted by Gasteiger charge is -2.09. The molecule has 24 heavy (non-hydrogen) atoms. The van der Waals surface area contributed by atoms with E-state index in [0.717, 1.165) is 6.07 Å². The topological polar surface area (TPSA) is 145 Å². The van der Waals surface area contributed by atoms with Gasteiger partial charge in [0.25, 0.3) is 5.91 Å². The number of amides is 1. The van der Waals surface area contributed by atoms with Crippen molar-refractivity contribution < 1.29 is 9.18 Å². The zero-order chi connectivity index (χ0) is 18.3. The smallest absolute Gasteiger partial charge is 0.266 e. The Balaban J connectivity index is 0.000000300. The molecule has 8 heteroatoms. The largest absolute Gasteiger partial charge is 0.398 e. The highest BCUT2D eigenvalue weighted by Crippen LogP contribution is 2.25. The third kappa shape index (κ3) is 4.90. The summed E-state index contributed by atoms with van der Waals surface area (Å²) in [6.07, 6.45) is 0. The molecule has 6 nitrogen and oxygen atoms in total. The lowest BCUT2D eigenvalue weighted by atomic mass is 10.1. The van der Waals surface area contributed by atoms with Crippen molar-refractivity contribution in [3.05, 3.63) is 70.1 Å². The van der Waals surface area contributed by atoms with Gasteiger partial charge in [-0.05, 0) is 24.3 Å². The first-order valence-corrected chi connectivity index (χ1v) is 6.90. The van der Waals surface area contributed by atoms with E-state index in [1.807, 2.05) is 24.3 Å². The van der Waals surface area contributed by atoms with Gasteiger partial charge in [0, 0.05) is 11.3 Å². The molecule has 0 spiro atoms. The van der Waals surface area contributed by atoms with E-state index in [1.54, 1.807) is 12.1 Å². The molecular formula is C16H15ClFN5O. The molecular weight excluding hydrogens is 333 g/mol. The molecule has 1 amide bonds. The summed E-state index contributed by atoms with van der Waals surface area (Å²) in [4.78, 5) is 10.8. The summed E-state index contributed by atoms with van der Waals surface area (Å²) < 4.78 is 13.2. The van der Waals surface area contributed by atoms with Crippen LogP contribution in [0.1, 0.15) is 11.1 Å². The third-order valence-electron chi connectivity index (χ3n) is 2.84. The van der Waals surface area contributed by atoms with Crippen LogP contribution in [0.25, 0.3) is 5.70 Å². The number of benzene rings is 2. The number of carbonyl (C=O) groups is 1. The maximum atomic E-state index is 13.2. The van der Waals surface area contributed by atoms with Crippen LogP contribution in [0.4, 0.5) is 10.1 Å². The second-order valence-electron chi connectivity index (χ2n) is 4.52. The van der Waals surface area contributed by atoms with Gasteiger partial charge in [0.15, 0.2) is 0 Å². The number of nitriles is 1. The molecule has 0 unspecified atom stereocenters. The van der Waals surface area contributed by atoms with Gasteiger partial charge < -0.3 is 22.9 Å². The molecule has 2 aromatic carbocycles. The Morgan fingerprint density at radius 2 is 1.71 bits per heavy atom. The maximum Gasteiger partial charge on any atom is 0.266 e. The Kier molecular flexibility index (Phi) is 6.59. The van der Waals surface area contributed by atoms with Gasteiger partial charge in [0.05, 0.1) is 22.4 Å².